The maximum Gasteiger partial charge on any atom is 0.226 e. The Morgan fingerprint density at radius 3 is 2.65 bits per heavy atom. The average Bonchev–Trinajstić information content (AvgIpc) is 3.14. The molecule has 0 aromatic rings. The summed E-state index contributed by atoms with van der Waals surface area (Å²) in [5, 5.41) is 11.2. The van der Waals surface area contributed by atoms with Crippen molar-refractivity contribution in [2.75, 3.05) is 6.54 Å². The van der Waals surface area contributed by atoms with Gasteiger partial charge in [-0.1, -0.05) is 26.3 Å². The van der Waals surface area contributed by atoms with Crippen LogP contribution in [0.2, 0.25) is 0 Å². The lowest BCUT2D eigenvalue weighted by Crippen LogP contribution is -2.61. The summed E-state index contributed by atoms with van der Waals surface area (Å²) in [5.41, 5.74) is 1.23. The summed E-state index contributed by atoms with van der Waals surface area (Å²) in [6, 6.07) is 0.451. The Morgan fingerprint density at radius 2 is 1.84 bits per heavy atom. The van der Waals surface area contributed by atoms with Gasteiger partial charge in [-0.15, -0.1) is 0 Å². The molecule has 0 radical (unpaired) electrons. The second-order valence-electron chi connectivity index (χ2n) is 12.4. The first-order chi connectivity index (χ1) is 14.8. The van der Waals surface area contributed by atoms with E-state index in [-0.39, 0.29) is 23.2 Å². The van der Waals surface area contributed by atoms with Crippen molar-refractivity contribution >= 4 is 11.7 Å². The molecule has 6 aliphatic rings. The van der Waals surface area contributed by atoms with Crippen molar-refractivity contribution in [3.63, 3.8) is 0 Å². The van der Waals surface area contributed by atoms with Crippen molar-refractivity contribution in [2.45, 2.75) is 84.3 Å². The summed E-state index contributed by atoms with van der Waals surface area (Å²) in [5.74, 6) is 4.21. The average molecular weight is 426 g/mol. The van der Waals surface area contributed by atoms with E-state index in [1.54, 1.807) is 0 Å². The van der Waals surface area contributed by atoms with Gasteiger partial charge in [-0.05, 0) is 97.9 Å². The van der Waals surface area contributed by atoms with Gasteiger partial charge in [0, 0.05) is 24.9 Å². The minimum absolute atomic E-state index is 0.0378. The van der Waals surface area contributed by atoms with Crippen LogP contribution in [-0.4, -0.2) is 40.4 Å². The number of ketones is 1. The number of hydrogen-bond acceptors (Lipinski definition) is 3. The minimum atomic E-state index is -0.347. The van der Waals surface area contributed by atoms with E-state index < -0.39 is 0 Å². The molecule has 6 rings (SSSR count). The Morgan fingerprint density at radius 1 is 1.06 bits per heavy atom. The van der Waals surface area contributed by atoms with E-state index in [0.717, 1.165) is 25.8 Å². The van der Waals surface area contributed by atoms with Crippen LogP contribution in [0.15, 0.2) is 11.6 Å². The molecule has 3 saturated carbocycles. The van der Waals surface area contributed by atoms with E-state index in [1.165, 1.54) is 24.8 Å². The van der Waals surface area contributed by atoms with Gasteiger partial charge in [-0.25, -0.2) is 0 Å². The molecule has 5 fully saturated rings. The van der Waals surface area contributed by atoms with Gasteiger partial charge in [0.2, 0.25) is 5.91 Å². The maximum atomic E-state index is 13.9. The summed E-state index contributed by atoms with van der Waals surface area (Å²) in [6.45, 7) is 8.02. The summed E-state index contributed by atoms with van der Waals surface area (Å²) in [6.07, 6.45) is 9.59. The minimum Gasteiger partial charge on any atom is -0.392 e. The predicted octanol–water partition coefficient (Wildman–Crippen LogP) is 4.22. The number of fused-ring (bicyclic) bond motifs is 8. The molecule has 2 aliphatic heterocycles. The van der Waals surface area contributed by atoms with Crippen LogP contribution in [0.25, 0.3) is 0 Å². The second kappa shape index (κ2) is 6.92. The van der Waals surface area contributed by atoms with Gasteiger partial charge >= 0.3 is 0 Å². The first-order valence-electron chi connectivity index (χ1n) is 13.0. The van der Waals surface area contributed by atoms with Crippen LogP contribution in [-0.2, 0) is 9.59 Å². The van der Waals surface area contributed by atoms with Crippen LogP contribution in [0.5, 0.6) is 0 Å². The van der Waals surface area contributed by atoms with Crippen molar-refractivity contribution in [1.82, 2.24) is 4.90 Å². The standard InChI is InChI=1S/C27H39NO3/c1-14-4-7-22-15(2)18-5-6-19-20(24(18)26(31)28(22)13-14)12-21-25(19)23(30)11-16-10-17(29)8-9-27(16,21)3/h10,14-15,18-25,30H,4-9,11-13H2,1-3H3/t14-,15+,18+,19+,20+,21-,22-,23-,24-,25+,27-/m0/s1. The molecule has 4 aliphatic carbocycles. The Bertz CT molecular complexity index is 834. The largest absolute Gasteiger partial charge is 0.392 e. The SMILES string of the molecule is C[C@H]1CC[C@H]2[C@H](C)[C@H]3CC[C@@H]4[C@@H](C[C@H]5[C@@H]4[C@@H](O)CC4=CC(=O)CC[C@@]45C)[C@H]3C(=O)N2C1. The Labute approximate surface area is 186 Å². The molecule has 2 heterocycles. The van der Waals surface area contributed by atoms with E-state index in [1.807, 2.05) is 6.08 Å². The normalized spacial score (nSPS) is 53.7. The van der Waals surface area contributed by atoms with Crippen LogP contribution < -0.4 is 0 Å². The van der Waals surface area contributed by atoms with E-state index in [9.17, 15) is 14.7 Å². The molecule has 31 heavy (non-hydrogen) atoms. The van der Waals surface area contributed by atoms with E-state index in [2.05, 4.69) is 25.7 Å². The summed E-state index contributed by atoms with van der Waals surface area (Å²) in [4.78, 5) is 28.3. The third kappa shape index (κ3) is 2.75. The lowest BCUT2D eigenvalue weighted by Gasteiger charge is -2.55. The third-order valence-corrected chi connectivity index (χ3v) is 11.2. The fraction of sp³-hybridized carbons (Fsp3) is 0.852. The fourth-order valence-electron chi connectivity index (χ4n) is 9.61. The van der Waals surface area contributed by atoms with E-state index in [0.29, 0.717) is 66.2 Å². The van der Waals surface area contributed by atoms with Gasteiger partial charge in [0.1, 0.15) is 0 Å². The molecular formula is C27H39NO3. The lowest BCUT2D eigenvalue weighted by atomic mass is 9.55. The van der Waals surface area contributed by atoms with Crippen molar-refractivity contribution in [1.29, 1.82) is 0 Å². The highest BCUT2D eigenvalue weighted by molar-refractivity contribution is 5.91. The number of piperidine rings is 2. The van der Waals surface area contributed by atoms with Gasteiger partial charge < -0.3 is 10.0 Å². The monoisotopic (exact) mass is 425 g/mol. The molecule has 1 N–H and O–H groups in total. The molecule has 170 valence electrons. The molecule has 11 atom stereocenters. The molecule has 0 aromatic carbocycles. The number of allylic oxidation sites excluding steroid dienone is 1. The lowest BCUT2D eigenvalue weighted by molar-refractivity contribution is -0.162. The molecule has 0 unspecified atom stereocenters. The van der Waals surface area contributed by atoms with Crippen LogP contribution in [0.4, 0.5) is 0 Å². The Balaban J connectivity index is 1.35. The first kappa shape index (κ1) is 20.4. The summed E-state index contributed by atoms with van der Waals surface area (Å²) in [7, 11) is 0. The van der Waals surface area contributed by atoms with Crippen LogP contribution in [0, 0.1) is 52.8 Å². The van der Waals surface area contributed by atoms with E-state index >= 15 is 0 Å². The number of hydrogen-bond donors (Lipinski definition) is 1. The van der Waals surface area contributed by atoms with E-state index in [4.69, 9.17) is 0 Å². The maximum absolute atomic E-state index is 13.9. The third-order valence-electron chi connectivity index (χ3n) is 11.2. The number of carbonyl (C=O) groups excluding carboxylic acids is 2. The van der Waals surface area contributed by atoms with Gasteiger partial charge in [-0.2, -0.15) is 0 Å². The zero-order valence-corrected chi connectivity index (χ0v) is 19.4. The van der Waals surface area contributed by atoms with Crippen molar-refractivity contribution in [2.24, 2.45) is 52.8 Å². The zero-order chi connectivity index (χ0) is 21.7. The number of amides is 1. The molecule has 2 saturated heterocycles. The van der Waals surface area contributed by atoms with Gasteiger partial charge in [0.15, 0.2) is 5.78 Å². The number of aliphatic hydroxyl groups excluding tert-OH is 1. The smallest absolute Gasteiger partial charge is 0.226 e. The van der Waals surface area contributed by atoms with Crippen LogP contribution in [0.3, 0.4) is 0 Å². The van der Waals surface area contributed by atoms with Crippen molar-refractivity contribution in [3.8, 4) is 0 Å². The van der Waals surface area contributed by atoms with Crippen molar-refractivity contribution < 1.29 is 14.7 Å². The molecule has 0 spiro atoms. The molecule has 4 heteroatoms. The molecule has 4 nitrogen and oxygen atoms in total. The number of carbonyl (C=O) groups is 2. The predicted molar refractivity (Wildman–Crippen MR) is 119 cm³/mol. The zero-order valence-electron chi connectivity index (χ0n) is 19.4. The quantitative estimate of drug-likeness (QED) is 0.632. The summed E-state index contributed by atoms with van der Waals surface area (Å²) >= 11 is 0. The van der Waals surface area contributed by atoms with Crippen molar-refractivity contribution in [3.05, 3.63) is 11.6 Å². The van der Waals surface area contributed by atoms with Gasteiger partial charge in [-0.3, -0.25) is 9.59 Å². The molecule has 0 bridgehead atoms. The van der Waals surface area contributed by atoms with Crippen LogP contribution >= 0.6 is 0 Å². The molecular weight excluding hydrogens is 386 g/mol. The Hall–Kier alpha value is -1.16. The Kier molecular flexibility index (Phi) is 4.56. The fourth-order valence-corrected chi connectivity index (χ4v) is 9.61. The number of nitrogens with zero attached hydrogens (tertiary/aromatic N) is 1. The number of rotatable bonds is 0. The highest BCUT2D eigenvalue weighted by Crippen LogP contribution is 2.66. The highest BCUT2D eigenvalue weighted by atomic mass is 16.3. The highest BCUT2D eigenvalue weighted by Gasteiger charge is 2.63. The van der Waals surface area contributed by atoms with Gasteiger partial charge in [0.25, 0.3) is 0 Å². The first-order valence-corrected chi connectivity index (χ1v) is 13.0. The summed E-state index contributed by atoms with van der Waals surface area (Å²) < 4.78 is 0. The van der Waals surface area contributed by atoms with Gasteiger partial charge in [0.05, 0.1) is 6.10 Å². The van der Waals surface area contributed by atoms with Crippen LogP contribution in [0.1, 0.15) is 72.1 Å². The molecule has 0 aromatic heterocycles. The second-order valence-corrected chi connectivity index (χ2v) is 12.4. The molecule has 1 amide bonds. The number of aliphatic hydroxyl groups is 1. The topological polar surface area (TPSA) is 57.6 Å².